The highest BCUT2D eigenvalue weighted by Gasteiger charge is 2.45. The van der Waals surface area contributed by atoms with E-state index in [0.29, 0.717) is 32.8 Å². The highest BCUT2D eigenvalue weighted by atomic mass is 32.2. The zero-order chi connectivity index (χ0) is 25.7. The molecule has 5 aromatic rings. The van der Waals surface area contributed by atoms with Crippen LogP contribution in [0.5, 0.6) is 0 Å². The van der Waals surface area contributed by atoms with Gasteiger partial charge in [-0.1, -0.05) is 72.4 Å². The molecule has 0 aliphatic rings. The van der Waals surface area contributed by atoms with Gasteiger partial charge in [-0.05, 0) is 23.3 Å². The predicted octanol–water partition coefficient (Wildman–Crippen LogP) is 3.80. The molecule has 0 atom stereocenters. The molecule has 3 heterocycles. The number of aromatic nitrogens is 5. The van der Waals surface area contributed by atoms with Crippen LogP contribution in [0.4, 0.5) is 5.13 Å². The van der Waals surface area contributed by atoms with Gasteiger partial charge in [0.25, 0.3) is 5.91 Å². The summed E-state index contributed by atoms with van der Waals surface area (Å²) in [4.78, 5) is 39.1. The number of thioether (sulfide) groups is 1. The maximum absolute atomic E-state index is 13.5. The molecular weight excluding hydrogens is 506 g/mol. The molecule has 0 saturated heterocycles. The van der Waals surface area contributed by atoms with Gasteiger partial charge in [-0.2, -0.15) is 0 Å². The molecule has 0 saturated carbocycles. The molecular formula is C26H21N7O2S2. The quantitative estimate of drug-likeness (QED) is 0.279. The first kappa shape index (κ1) is 24.3. The van der Waals surface area contributed by atoms with Gasteiger partial charge in [0.1, 0.15) is 0 Å². The summed E-state index contributed by atoms with van der Waals surface area (Å²) in [7, 11) is 0. The molecule has 9 nitrogen and oxygen atoms in total. The summed E-state index contributed by atoms with van der Waals surface area (Å²) in [6.07, 6.45) is 4.89. The summed E-state index contributed by atoms with van der Waals surface area (Å²) >= 11 is 2.48. The maximum Gasteiger partial charge on any atom is 0.254 e. The van der Waals surface area contributed by atoms with Gasteiger partial charge in [-0.3, -0.25) is 14.6 Å². The Morgan fingerprint density at radius 3 is 2.16 bits per heavy atom. The molecule has 2 amide bonds. The van der Waals surface area contributed by atoms with Crippen molar-refractivity contribution in [2.24, 2.45) is 5.73 Å². The first-order valence-corrected chi connectivity index (χ1v) is 13.1. The van der Waals surface area contributed by atoms with Gasteiger partial charge in [0.2, 0.25) is 5.91 Å². The molecule has 37 heavy (non-hydrogen) atoms. The van der Waals surface area contributed by atoms with Crippen LogP contribution >= 0.6 is 23.1 Å². The Kier molecular flexibility index (Phi) is 7.06. The third kappa shape index (κ3) is 4.86. The molecule has 0 aliphatic carbocycles. The summed E-state index contributed by atoms with van der Waals surface area (Å²) in [6.45, 7) is 0. The largest absolute Gasteiger partial charge is 0.367 e. The number of thiazole rings is 1. The number of nitrogens with zero attached hydrogens (tertiary/aromatic N) is 5. The summed E-state index contributed by atoms with van der Waals surface area (Å²) in [5.41, 5.74) is 6.63. The van der Waals surface area contributed by atoms with E-state index in [4.69, 9.17) is 15.8 Å². The van der Waals surface area contributed by atoms with Gasteiger partial charge >= 0.3 is 0 Å². The van der Waals surface area contributed by atoms with E-state index in [-0.39, 0.29) is 11.7 Å². The highest BCUT2D eigenvalue weighted by Crippen LogP contribution is 2.37. The smallest absolute Gasteiger partial charge is 0.254 e. The van der Waals surface area contributed by atoms with Gasteiger partial charge in [-0.15, -0.1) is 16.4 Å². The van der Waals surface area contributed by atoms with Crippen molar-refractivity contribution in [2.45, 2.75) is 10.7 Å². The Bertz CT molecular complexity index is 1450. The summed E-state index contributed by atoms with van der Waals surface area (Å²) < 4.78 is 1.52. The van der Waals surface area contributed by atoms with Crippen LogP contribution in [0.15, 0.2) is 102 Å². The Labute approximate surface area is 220 Å². The molecule has 0 unspecified atom stereocenters. The van der Waals surface area contributed by atoms with Crippen molar-refractivity contribution in [1.29, 1.82) is 0 Å². The van der Waals surface area contributed by atoms with E-state index in [2.05, 4.69) is 15.3 Å². The lowest BCUT2D eigenvalue weighted by molar-refractivity contribution is -0.123. The third-order valence-corrected chi connectivity index (χ3v) is 7.20. The second-order valence-electron chi connectivity index (χ2n) is 7.85. The number of nitrogens with two attached hydrogens (primary N) is 1. The molecule has 2 aromatic carbocycles. The van der Waals surface area contributed by atoms with Crippen LogP contribution in [0.2, 0.25) is 0 Å². The van der Waals surface area contributed by atoms with Crippen molar-refractivity contribution in [1.82, 2.24) is 24.7 Å². The van der Waals surface area contributed by atoms with E-state index in [1.165, 1.54) is 16.0 Å². The van der Waals surface area contributed by atoms with E-state index < -0.39 is 11.4 Å². The van der Waals surface area contributed by atoms with Crippen LogP contribution in [0.25, 0.3) is 11.4 Å². The van der Waals surface area contributed by atoms with Gasteiger partial charge < -0.3 is 11.1 Å². The van der Waals surface area contributed by atoms with Crippen molar-refractivity contribution < 1.29 is 9.59 Å². The minimum Gasteiger partial charge on any atom is -0.367 e. The Balaban J connectivity index is 1.66. The Hall–Kier alpha value is -4.35. The first-order chi connectivity index (χ1) is 18.1. The fourth-order valence-corrected chi connectivity index (χ4v) is 5.29. The van der Waals surface area contributed by atoms with Gasteiger partial charge in [0.15, 0.2) is 21.7 Å². The zero-order valence-electron chi connectivity index (χ0n) is 19.4. The molecule has 0 bridgehead atoms. The number of carbonyl (C=O) groups is 2. The van der Waals surface area contributed by atoms with Crippen molar-refractivity contribution >= 4 is 40.0 Å². The van der Waals surface area contributed by atoms with Crippen molar-refractivity contribution in [3.05, 3.63) is 108 Å². The van der Waals surface area contributed by atoms with E-state index in [1.54, 1.807) is 36.1 Å². The van der Waals surface area contributed by atoms with Crippen LogP contribution in [0, 0.1) is 0 Å². The van der Waals surface area contributed by atoms with E-state index in [9.17, 15) is 9.59 Å². The number of hydrogen-bond donors (Lipinski definition) is 2. The zero-order valence-corrected chi connectivity index (χ0v) is 21.0. The fraction of sp³-hybridized carbons (Fsp3) is 0.0769. The fourth-order valence-electron chi connectivity index (χ4n) is 3.96. The predicted molar refractivity (Wildman–Crippen MR) is 143 cm³/mol. The minimum absolute atomic E-state index is 0.0203. The molecule has 0 spiro atoms. The lowest BCUT2D eigenvalue weighted by Crippen LogP contribution is -2.49. The average molecular weight is 528 g/mol. The number of benzene rings is 2. The van der Waals surface area contributed by atoms with Gasteiger partial charge in [0.05, 0.1) is 5.75 Å². The summed E-state index contributed by atoms with van der Waals surface area (Å²) in [6, 6.07) is 22.0. The number of primary amides is 1. The Morgan fingerprint density at radius 2 is 1.59 bits per heavy atom. The first-order valence-electron chi connectivity index (χ1n) is 11.2. The maximum atomic E-state index is 13.5. The standard InChI is InChI=1S/C26H21N7O2S2/c27-23(35)26(19-7-3-1-4-8-19,20-9-5-2-6-10-20)33-25(31-22(32-33)18-11-13-28-14-12-18)37-17-21(34)30-24-29-15-16-36-24/h1-16H,17H2,(H2,27,35)(H,29,30,34). The van der Waals surface area contributed by atoms with Crippen LogP contribution in [0.3, 0.4) is 0 Å². The normalized spacial score (nSPS) is 11.2. The minimum atomic E-state index is -1.52. The van der Waals surface area contributed by atoms with Crippen molar-refractivity contribution in [3.8, 4) is 11.4 Å². The molecule has 11 heteroatoms. The SMILES string of the molecule is NC(=O)C(c1ccccc1)(c1ccccc1)n1nc(-c2ccncc2)nc1SCC(=O)Nc1nccs1. The molecule has 3 aromatic heterocycles. The lowest BCUT2D eigenvalue weighted by Gasteiger charge is -2.32. The Morgan fingerprint density at radius 1 is 0.946 bits per heavy atom. The molecule has 0 aliphatic heterocycles. The second-order valence-corrected chi connectivity index (χ2v) is 9.68. The number of hydrogen-bond acceptors (Lipinski definition) is 8. The number of amides is 2. The van der Waals surface area contributed by atoms with Crippen LogP contribution < -0.4 is 11.1 Å². The lowest BCUT2D eigenvalue weighted by atomic mass is 9.82. The molecule has 0 radical (unpaired) electrons. The molecule has 184 valence electrons. The van der Waals surface area contributed by atoms with E-state index in [1.807, 2.05) is 60.7 Å². The van der Waals surface area contributed by atoms with Crippen LogP contribution in [-0.2, 0) is 15.1 Å². The summed E-state index contributed by atoms with van der Waals surface area (Å²) in [5, 5.41) is 10.2. The number of carbonyl (C=O) groups excluding carboxylic acids is 2. The number of pyridine rings is 1. The van der Waals surface area contributed by atoms with E-state index >= 15 is 0 Å². The highest BCUT2D eigenvalue weighted by molar-refractivity contribution is 7.99. The third-order valence-electron chi connectivity index (χ3n) is 5.58. The molecule has 0 fully saturated rings. The van der Waals surface area contributed by atoms with E-state index in [0.717, 1.165) is 11.8 Å². The van der Waals surface area contributed by atoms with Crippen LogP contribution in [0.1, 0.15) is 11.1 Å². The topological polar surface area (TPSA) is 129 Å². The van der Waals surface area contributed by atoms with Crippen molar-refractivity contribution in [3.63, 3.8) is 0 Å². The average Bonchev–Trinajstić information content (AvgIpc) is 3.60. The number of rotatable bonds is 9. The second kappa shape index (κ2) is 10.7. The van der Waals surface area contributed by atoms with Crippen LogP contribution in [-0.4, -0.2) is 42.3 Å². The molecule has 5 rings (SSSR count). The number of nitrogens with one attached hydrogen (secondary N) is 1. The van der Waals surface area contributed by atoms with Gasteiger partial charge in [0, 0.05) is 29.5 Å². The van der Waals surface area contributed by atoms with Crippen molar-refractivity contribution in [2.75, 3.05) is 11.1 Å². The monoisotopic (exact) mass is 527 g/mol. The summed E-state index contributed by atoms with van der Waals surface area (Å²) in [5.74, 6) is -0.496. The molecule has 3 N–H and O–H groups in total. The number of anilines is 1. The van der Waals surface area contributed by atoms with Gasteiger partial charge in [-0.25, -0.2) is 14.6 Å².